The minimum absolute atomic E-state index is 0.0473. The summed E-state index contributed by atoms with van der Waals surface area (Å²) in [4.78, 5) is 28.1. The van der Waals surface area contributed by atoms with Crippen LogP contribution >= 0.6 is 0 Å². The van der Waals surface area contributed by atoms with Gasteiger partial charge in [0, 0.05) is 0 Å². The average Bonchev–Trinajstić information content (AvgIpc) is 0.681. The molecule has 0 amide bonds. The topological polar surface area (TPSA) is 450 Å². The molecule has 5 aliphatic heterocycles. The normalized spacial score (nSPS) is 53.1. The Balaban J connectivity index is 0.894. The number of carbonyl (C=O) groups excluding carboxylic acids is 1. The number of aliphatic hydroxyl groups excluding tert-OH is 15. The summed E-state index contributed by atoms with van der Waals surface area (Å²) in [5.41, 5.74) is -1.95. The van der Waals surface area contributed by atoms with Crippen molar-refractivity contribution < 1.29 is 139 Å². The molecular formula is C59H94O28. The van der Waals surface area contributed by atoms with Gasteiger partial charge < -0.3 is 129 Å². The zero-order chi connectivity index (χ0) is 63.6. The van der Waals surface area contributed by atoms with Crippen molar-refractivity contribution in [3.8, 4) is 0 Å². The molecule has 5 saturated heterocycles. The fourth-order valence-electron chi connectivity index (χ4n) is 17.6. The number of esters is 1. The zero-order valence-electron chi connectivity index (χ0n) is 50.2. The van der Waals surface area contributed by atoms with Crippen LogP contribution in [0.2, 0.25) is 0 Å². The van der Waals surface area contributed by atoms with Crippen molar-refractivity contribution >= 4 is 11.9 Å². The molecule has 0 bridgehead atoms. The van der Waals surface area contributed by atoms with E-state index in [1.165, 1.54) is 0 Å². The van der Waals surface area contributed by atoms with Gasteiger partial charge in [0.1, 0.15) is 110 Å². The Bertz CT molecular complexity index is 2470. The number of carboxylic acids is 1. The van der Waals surface area contributed by atoms with Crippen molar-refractivity contribution in [1.82, 2.24) is 0 Å². The molecule has 0 spiro atoms. The second-order valence-electron chi connectivity index (χ2n) is 28.7. The Hall–Kier alpha value is -2.28. The third kappa shape index (κ3) is 11.5. The van der Waals surface area contributed by atoms with Crippen LogP contribution in [0.1, 0.15) is 113 Å². The van der Waals surface area contributed by atoms with Crippen LogP contribution in [0.5, 0.6) is 0 Å². The fraction of sp³-hybridized carbons (Fsp3) is 0.932. The number of carboxylic acid groups (broad SMARTS) is 1. The van der Waals surface area contributed by atoms with Crippen molar-refractivity contribution in [1.29, 1.82) is 0 Å². The van der Waals surface area contributed by atoms with Crippen molar-refractivity contribution in [2.75, 3.05) is 26.4 Å². The average molecular weight is 1250 g/mol. The van der Waals surface area contributed by atoms with E-state index in [-0.39, 0.29) is 34.0 Å². The number of aliphatic carboxylic acids is 1. The molecule has 16 N–H and O–H groups in total. The number of ether oxygens (including phenoxy) is 10. The van der Waals surface area contributed by atoms with Crippen LogP contribution in [0.3, 0.4) is 0 Å². The Morgan fingerprint density at radius 3 is 1.75 bits per heavy atom. The second-order valence-corrected chi connectivity index (χ2v) is 28.7. The standard InChI is InChI=1S/C59H94O28/c1-54(2)14-16-59(53(77)87-51-42(73)38(69)35(66)28(82-51)22-79-48-40(71)36(67)33(64)26(19-60)80-48)17-15-57(6)23(24(59)18-54)8-9-30-56(5)12-11-31(55(3,4)29(56)10-13-58(30,57)7)83-52-46(86-50-41(72)37(68)34(65)27(20-61)81-50)44(43(74)45(85-52)47(75)76)84-49-39(70)32(63)25(62)21-78-49/h8,24-46,48-52,60-74H,9-22H2,1-7H3,(H,75,76)/t24-,25-,26+,27+,28+,29-,30+,31-,32-,33+,34+,35+,36-,37-,38-,39+,40+,41+,42+,43-,44-,45-,46+,48+,49-,50-,51-,52+,56-,57+,58+,59-/m0/s1. The monoisotopic (exact) mass is 1250 g/mol. The number of carbonyl (C=O) groups is 2. The van der Waals surface area contributed by atoms with Gasteiger partial charge in [-0.25, -0.2) is 4.79 Å². The van der Waals surface area contributed by atoms with Crippen molar-refractivity contribution in [3.63, 3.8) is 0 Å². The molecular weight excluding hydrogens is 1160 g/mol. The number of hydrogen-bond donors (Lipinski definition) is 16. The van der Waals surface area contributed by atoms with Crippen LogP contribution < -0.4 is 0 Å². The van der Waals surface area contributed by atoms with E-state index in [9.17, 15) is 86.5 Å². The minimum atomic E-state index is -2.11. The maximum absolute atomic E-state index is 15.2. The smallest absolute Gasteiger partial charge is 0.335 e. The summed E-state index contributed by atoms with van der Waals surface area (Å²) >= 11 is 0. The molecule has 0 aromatic rings. The van der Waals surface area contributed by atoms with E-state index in [1.54, 1.807) is 0 Å². The summed E-state index contributed by atoms with van der Waals surface area (Å²) in [5.74, 6) is -2.54. The van der Waals surface area contributed by atoms with Gasteiger partial charge in [0.05, 0.1) is 37.9 Å². The Morgan fingerprint density at radius 2 is 1.11 bits per heavy atom. The van der Waals surface area contributed by atoms with Gasteiger partial charge in [-0.1, -0.05) is 60.1 Å². The highest BCUT2D eigenvalue weighted by molar-refractivity contribution is 5.79. The zero-order valence-corrected chi connectivity index (χ0v) is 50.2. The van der Waals surface area contributed by atoms with Crippen LogP contribution in [0, 0.1) is 50.2 Å². The lowest BCUT2D eigenvalue weighted by atomic mass is 9.33. The van der Waals surface area contributed by atoms with Gasteiger partial charge in [0.2, 0.25) is 6.29 Å². The lowest BCUT2D eigenvalue weighted by Crippen LogP contribution is -2.68. The van der Waals surface area contributed by atoms with Gasteiger partial charge in [0.25, 0.3) is 0 Å². The first kappa shape index (κ1) is 67.6. The van der Waals surface area contributed by atoms with Gasteiger partial charge in [0.15, 0.2) is 31.3 Å². The fourth-order valence-corrected chi connectivity index (χ4v) is 17.6. The third-order valence-electron chi connectivity index (χ3n) is 23.1. The molecule has 4 saturated carbocycles. The van der Waals surface area contributed by atoms with Crippen LogP contribution in [0.15, 0.2) is 11.6 Å². The molecule has 10 aliphatic rings. The Labute approximate surface area is 503 Å². The molecule has 10 rings (SSSR count). The molecule has 32 atom stereocenters. The Kier molecular flexibility index (Phi) is 19.3. The van der Waals surface area contributed by atoms with Gasteiger partial charge in [-0.2, -0.15) is 0 Å². The van der Waals surface area contributed by atoms with Crippen molar-refractivity contribution in [2.45, 2.75) is 266 Å². The van der Waals surface area contributed by atoms with Gasteiger partial charge in [-0.3, -0.25) is 4.79 Å². The molecule has 28 nitrogen and oxygen atoms in total. The molecule has 0 aromatic heterocycles. The first-order valence-electron chi connectivity index (χ1n) is 30.7. The number of hydrogen-bond acceptors (Lipinski definition) is 27. The second kappa shape index (κ2) is 24.9. The summed E-state index contributed by atoms with van der Waals surface area (Å²) in [6.07, 6.45) is -35.0. The molecule has 5 heterocycles. The first-order valence-corrected chi connectivity index (χ1v) is 30.7. The molecule has 0 unspecified atom stereocenters. The lowest BCUT2D eigenvalue weighted by Gasteiger charge is -2.71. The summed E-state index contributed by atoms with van der Waals surface area (Å²) in [6.45, 7) is 12.8. The van der Waals surface area contributed by atoms with Gasteiger partial charge >= 0.3 is 11.9 Å². The Morgan fingerprint density at radius 1 is 0.552 bits per heavy atom. The van der Waals surface area contributed by atoms with E-state index in [4.69, 9.17) is 47.4 Å². The van der Waals surface area contributed by atoms with E-state index in [0.717, 1.165) is 12.0 Å². The molecule has 0 radical (unpaired) electrons. The quantitative estimate of drug-likeness (QED) is 0.0456. The van der Waals surface area contributed by atoms with Crippen LogP contribution in [-0.2, 0) is 57.0 Å². The highest BCUT2D eigenvalue weighted by Gasteiger charge is 2.71. The highest BCUT2D eigenvalue weighted by atomic mass is 16.8. The molecule has 0 aromatic carbocycles. The largest absolute Gasteiger partial charge is 0.479 e. The number of allylic oxidation sites excluding steroid dienone is 2. The van der Waals surface area contributed by atoms with E-state index < -0.39 is 208 Å². The summed E-state index contributed by atoms with van der Waals surface area (Å²) in [6, 6.07) is 0. The SMILES string of the molecule is CC1(C)CC[C@]2(C(=O)O[C@@H]3O[C@H](CO[C@@H]4O[C@H](CO)[C@@H](O)[C@H](O)[C@H]4O)[C@@H](O)[C@H](O)[C@H]3O)CC[C@]3(C)C(=CC[C@@H]4[C@@]5(C)CC[C@H](O[C@@H]6O[C@H](C(=O)O)[C@@H](O)[C@H](O[C@@H]7OC[C@H](O)[C@H](O)[C@H]7O)[C@H]6O[C@@H]6O[C@H](CO)[C@@H](O)[C@H](O)[C@H]6O)C(C)(C)[C@@H]5CC[C@]43C)[C@@H]2C1. The maximum Gasteiger partial charge on any atom is 0.335 e. The molecule has 87 heavy (non-hydrogen) atoms. The molecule has 28 heteroatoms. The summed E-state index contributed by atoms with van der Waals surface area (Å²) in [7, 11) is 0. The lowest BCUT2D eigenvalue weighted by molar-refractivity contribution is -0.392. The molecule has 5 aliphatic carbocycles. The molecule has 498 valence electrons. The van der Waals surface area contributed by atoms with E-state index in [1.807, 2.05) is 0 Å². The van der Waals surface area contributed by atoms with Crippen LogP contribution in [-0.4, -0.2) is 274 Å². The maximum atomic E-state index is 15.2. The van der Waals surface area contributed by atoms with E-state index in [0.29, 0.717) is 57.8 Å². The van der Waals surface area contributed by atoms with E-state index in [2.05, 4.69) is 54.5 Å². The van der Waals surface area contributed by atoms with Crippen LogP contribution in [0.4, 0.5) is 0 Å². The number of rotatable bonds is 14. The van der Waals surface area contributed by atoms with E-state index >= 15 is 4.79 Å². The van der Waals surface area contributed by atoms with Crippen LogP contribution in [0.25, 0.3) is 0 Å². The third-order valence-corrected chi connectivity index (χ3v) is 23.1. The van der Waals surface area contributed by atoms with Gasteiger partial charge in [-0.15, -0.1) is 0 Å². The highest BCUT2D eigenvalue weighted by Crippen LogP contribution is 2.76. The van der Waals surface area contributed by atoms with Crippen molar-refractivity contribution in [3.05, 3.63) is 11.6 Å². The minimum Gasteiger partial charge on any atom is -0.479 e. The number of fused-ring (bicyclic) bond motifs is 7. The van der Waals surface area contributed by atoms with Gasteiger partial charge in [-0.05, 0) is 109 Å². The predicted octanol–water partition coefficient (Wildman–Crippen LogP) is -3.48. The summed E-state index contributed by atoms with van der Waals surface area (Å²) < 4.78 is 59.7. The molecule has 9 fully saturated rings. The first-order chi connectivity index (χ1) is 40.7. The predicted molar refractivity (Wildman–Crippen MR) is 290 cm³/mol. The summed E-state index contributed by atoms with van der Waals surface area (Å²) in [5, 5.41) is 171. The number of aliphatic hydroxyl groups is 15. The van der Waals surface area contributed by atoms with Crippen molar-refractivity contribution in [2.24, 2.45) is 50.2 Å².